The van der Waals surface area contributed by atoms with Crippen LogP contribution in [0, 0.1) is 11.8 Å². The molecule has 5 rings (SSSR count). The summed E-state index contributed by atoms with van der Waals surface area (Å²) < 4.78 is 1.90. The zero-order chi connectivity index (χ0) is 18.2. The number of pyridine rings is 1. The van der Waals surface area contributed by atoms with Crippen LogP contribution in [0.25, 0.3) is 10.9 Å². The summed E-state index contributed by atoms with van der Waals surface area (Å²) in [5, 5.41) is 0.675. The van der Waals surface area contributed by atoms with Gasteiger partial charge in [-0.1, -0.05) is 12.0 Å². The van der Waals surface area contributed by atoms with E-state index in [4.69, 9.17) is 4.98 Å². The van der Waals surface area contributed by atoms with E-state index in [-0.39, 0.29) is 5.56 Å². The van der Waals surface area contributed by atoms with Gasteiger partial charge in [-0.2, -0.15) is 0 Å². The van der Waals surface area contributed by atoms with Crippen molar-refractivity contribution in [3.8, 4) is 11.8 Å². The average molecular weight is 356 g/mol. The van der Waals surface area contributed by atoms with Crippen LogP contribution in [0.1, 0.15) is 29.9 Å². The number of benzene rings is 1. The number of nitrogens with zero attached hydrogens (tertiary/aromatic N) is 4. The van der Waals surface area contributed by atoms with E-state index in [2.05, 4.69) is 21.7 Å². The van der Waals surface area contributed by atoms with Gasteiger partial charge in [0.25, 0.3) is 5.56 Å². The second-order valence-corrected chi connectivity index (χ2v) is 7.22. The molecule has 0 N–H and O–H groups in total. The largest absolute Gasteiger partial charge is 0.298 e. The number of fused-ring (bicyclic) bond motifs is 3. The van der Waals surface area contributed by atoms with Gasteiger partial charge in [-0.3, -0.25) is 14.3 Å². The molecule has 5 heteroatoms. The molecule has 3 aromatic rings. The van der Waals surface area contributed by atoms with Crippen molar-refractivity contribution in [2.24, 2.45) is 0 Å². The summed E-state index contributed by atoms with van der Waals surface area (Å²) in [6.07, 6.45) is 4.96. The third-order valence-corrected chi connectivity index (χ3v) is 5.55. The maximum absolute atomic E-state index is 13.1. The van der Waals surface area contributed by atoms with Crippen molar-refractivity contribution in [2.75, 3.05) is 13.1 Å². The summed E-state index contributed by atoms with van der Waals surface area (Å²) in [7, 11) is 0. The van der Waals surface area contributed by atoms with Gasteiger partial charge in [-0.05, 0) is 55.6 Å². The van der Waals surface area contributed by atoms with E-state index < -0.39 is 0 Å². The second kappa shape index (κ2) is 6.64. The van der Waals surface area contributed by atoms with Gasteiger partial charge < -0.3 is 0 Å². The van der Waals surface area contributed by atoms with Crippen molar-refractivity contribution in [1.82, 2.24) is 19.4 Å². The summed E-state index contributed by atoms with van der Waals surface area (Å²) in [5.41, 5.74) is 2.39. The van der Waals surface area contributed by atoms with Crippen molar-refractivity contribution < 1.29 is 0 Å². The van der Waals surface area contributed by atoms with Gasteiger partial charge >= 0.3 is 0 Å². The number of hydrogen-bond donors (Lipinski definition) is 0. The fourth-order valence-electron chi connectivity index (χ4n) is 4.15. The molecule has 0 radical (unpaired) electrons. The molecule has 134 valence electrons. The van der Waals surface area contributed by atoms with Gasteiger partial charge in [-0.25, -0.2) is 9.97 Å². The lowest BCUT2D eigenvalue weighted by atomic mass is 10.1. The zero-order valence-electron chi connectivity index (χ0n) is 15.1. The molecule has 5 nitrogen and oxygen atoms in total. The predicted molar refractivity (Wildman–Crippen MR) is 105 cm³/mol. The van der Waals surface area contributed by atoms with Crippen molar-refractivity contribution in [1.29, 1.82) is 0 Å². The Labute approximate surface area is 157 Å². The van der Waals surface area contributed by atoms with E-state index in [1.807, 2.05) is 41.0 Å². The standard InChI is InChI=1S/C22H20N4O/c27-22-19-9-7-16(6-8-17-4-1-2-11-23-17)14-20(19)24-21-10-13-25-12-3-5-18(25)15-26(21)22/h1-2,4,7,9,11,14,18H,3,5,10,12-13,15H2/t18-/m0/s1. The Morgan fingerprint density at radius 1 is 1.11 bits per heavy atom. The minimum atomic E-state index is 0.0768. The molecule has 2 aliphatic rings. The van der Waals surface area contributed by atoms with Crippen molar-refractivity contribution >= 4 is 10.9 Å². The van der Waals surface area contributed by atoms with Gasteiger partial charge in [0, 0.05) is 37.3 Å². The Bertz CT molecular complexity index is 1120. The normalized spacial score (nSPS) is 19.0. The zero-order valence-corrected chi connectivity index (χ0v) is 15.1. The second-order valence-electron chi connectivity index (χ2n) is 7.22. The fraction of sp³-hybridized carbons (Fsp3) is 0.318. The van der Waals surface area contributed by atoms with E-state index in [0.29, 0.717) is 11.4 Å². The van der Waals surface area contributed by atoms with E-state index in [1.54, 1.807) is 6.20 Å². The van der Waals surface area contributed by atoms with Gasteiger partial charge in [0.15, 0.2) is 0 Å². The summed E-state index contributed by atoms with van der Waals surface area (Å²) in [6, 6.07) is 11.8. The van der Waals surface area contributed by atoms with Crippen LogP contribution in [0.2, 0.25) is 0 Å². The molecule has 2 aromatic heterocycles. The molecule has 0 aliphatic carbocycles. The minimum Gasteiger partial charge on any atom is -0.298 e. The van der Waals surface area contributed by atoms with E-state index in [1.165, 1.54) is 12.8 Å². The first kappa shape index (κ1) is 16.2. The summed E-state index contributed by atoms with van der Waals surface area (Å²) >= 11 is 0. The van der Waals surface area contributed by atoms with Crippen molar-refractivity contribution in [3.05, 3.63) is 70.0 Å². The van der Waals surface area contributed by atoms with Crippen LogP contribution in [0.5, 0.6) is 0 Å². The molecule has 1 atom stereocenters. The first-order chi connectivity index (χ1) is 13.3. The minimum absolute atomic E-state index is 0.0768. The first-order valence-electron chi connectivity index (χ1n) is 9.48. The van der Waals surface area contributed by atoms with Crippen LogP contribution in [-0.4, -0.2) is 38.6 Å². The summed E-state index contributed by atoms with van der Waals surface area (Å²) in [4.78, 5) is 24.6. The third-order valence-electron chi connectivity index (χ3n) is 5.55. The molecule has 0 amide bonds. The van der Waals surface area contributed by atoms with E-state index >= 15 is 0 Å². The molecule has 1 fully saturated rings. The monoisotopic (exact) mass is 356 g/mol. The van der Waals surface area contributed by atoms with Crippen LogP contribution >= 0.6 is 0 Å². The number of rotatable bonds is 0. The number of aromatic nitrogens is 3. The van der Waals surface area contributed by atoms with Gasteiger partial charge in [-0.15, -0.1) is 0 Å². The Hall–Kier alpha value is -2.97. The highest BCUT2D eigenvalue weighted by Crippen LogP contribution is 2.22. The maximum Gasteiger partial charge on any atom is 0.261 e. The Kier molecular flexibility index (Phi) is 3.99. The highest BCUT2D eigenvalue weighted by Gasteiger charge is 2.29. The quantitative estimate of drug-likeness (QED) is 0.580. The lowest BCUT2D eigenvalue weighted by Gasteiger charge is -2.20. The third kappa shape index (κ3) is 3.02. The molecular formula is C22H20N4O. The highest BCUT2D eigenvalue weighted by atomic mass is 16.1. The maximum atomic E-state index is 13.1. The van der Waals surface area contributed by atoms with Crippen LogP contribution in [-0.2, 0) is 13.0 Å². The van der Waals surface area contributed by atoms with Crippen molar-refractivity contribution in [2.45, 2.75) is 31.8 Å². The highest BCUT2D eigenvalue weighted by molar-refractivity contribution is 5.79. The SMILES string of the molecule is O=c1c2ccc(C#Cc3ccccn3)cc2nc2n1C[C@@H]1CCCN1CC2. The van der Waals surface area contributed by atoms with Crippen LogP contribution in [0.3, 0.4) is 0 Å². The van der Waals surface area contributed by atoms with Crippen LogP contribution in [0.15, 0.2) is 47.4 Å². The van der Waals surface area contributed by atoms with E-state index in [0.717, 1.165) is 48.7 Å². The molecule has 0 bridgehead atoms. The number of hydrogen-bond acceptors (Lipinski definition) is 4. The lowest BCUT2D eigenvalue weighted by molar-refractivity contribution is 0.250. The fourth-order valence-corrected chi connectivity index (χ4v) is 4.15. The topological polar surface area (TPSA) is 51.0 Å². The molecule has 0 unspecified atom stereocenters. The molecule has 0 saturated carbocycles. The van der Waals surface area contributed by atoms with Crippen molar-refractivity contribution in [3.63, 3.8) is 0 Å². The summed E-state index contributed by atoms with van der Waals surface area (Å²) in [5.74, 6) is 7.09. The Morgan fingerprint density at radius 3 is 2.96 bits per heavy atom. The van der Waals surface area contributed by atoms with Gasteiger partial charge in [0.1, 0.15) is 11.5 Å². The van der Waals surface area contributed by atoms with Crippen LogP contribution < -0.4 is 5.56 Å². The first-order valence-corrected chi connectivity index (χ1v) is 9.48. The molecule has 0 spiro atoms. The molecule has 27 heavy (non-hydrogen) atoms. The smallest absolute Gasteiger partial charge is 0.261 e. The molecule has 2 aliphatic heterocycles. The van der Waals surface area contributed by atoms with E-state index in [9.17, 15) is 4.79 Å². The Balaban J connectivity index is 1.55. The van der Waals surface area contributed by atoms with Gasteiger partial charge in [0.2, 0.25) is 0 Å². The Morgan fingerprint density at radius 2 is 2.07 bits per heavy atom. The summed E-state index contributed by atoms with van der Waals surface area (Å²) in [6.45, 7) is 2.89. The lowest BCUT2D eigenvalue weighted by Crippen LogP contribution is -2.34. The molecule has 4 heterocycles. The predicted octanol–water partition coefficient (Wildman–Crippen LogP) is 2.21. The average Bonchev–Trinajstić information content (AvgIpc) is 3.07. The molecule has 1 saturated heterocycles. The van der Waals surface area contributed by atoms with Gasteiger partial charge in [0.05, 0.1) is 10.9 Å². The molecular weight excluding hydrogens is 336 g/mol. The molecule has 1 aromatic carbocycles. The van der Waals surface area contributed by atoms with Crippen LogP contribution in [0.4, 0.5) is 0 Å².